The number of hydrogen-bond donors (Lipinski definition) is 3. The summed E-state index contributed by atoms with van der Waals surface area (Å²) in [6.45, 7) is 2.13. The Kier molecular flexibility index (Phi) is 10.3. The SMILES string of the molecule is CCCCCCCC(=O)N[C@H](NC(=S)N[C@@H]1CCS(=O)(=O)C1)C(Cl)(Cl)Cl. The molecule has 0 spiro atoms. The predicted molar refractivity (Wildman–Crippen MR) is 112 cm³/mol. The summed E-state index contributed by atoms with van der Waals surface area (Å²) in [5.41, 5.74) is 0. The molecule has 1 rings (SSSR count). The highest BCUT2D eigenvalue weighted by Gasteiger charge is 2.35. The van der Waals surface area contributed by atoms with Crippen LogP contribution in [0, 0.1) is 0 Å². The van der Waals surface area contributed by atoms with Gasteiger partial charge in [0.15, 0.2) is 14.9 Å². The van der Waals surface area contributed by atoms with Crippen LogP contribution in [0.25, 0.3) is 0 Å². The van der Waals surface area contributed by atoms with E-state index in [9.17, 15) is 13.2 Å². The first-order valence-electron chi connectivity index (χ1n) is 8.67. The quantitative estimate of drug-likeness (QED) is 0.210. The molecule has 6 nitrogen and oxygen atoms in total. The number of nitrogens with one attached hydrogen (secondary N) is 3. The largest absolute Gasteiger partial charge is 0.359 e. The molecule has 2 atom stereocenters. The summed E-state index contributed by atoms with van der Waals surface area (Å²) < 4.78 is 21.2. The third-order valence-electron chi connectivity index (χ3n) is 3.98. The molecule has 0 radical (unpaired) electrons. The van der Waals surface area contributed by atoms with E-state index in [1.54, 1.807) is 0 Å². The van der Waals surface area contributed by atoms with Crippen LogP contribution >= 0.6 is 47.0 Å². The van der Waals surface area contributed by atoms with E-state index >= 15 is 0 Å². The molecule has 0 aliphatic carbocycles. The highest BCUT2D eigenvalue weighted by atomic mass is 35.6. The van der Waals surface area contributed by atoms with Crippen LogP contribution in [0.5, 0.6) is 0 Å². The summed E-state index contributed by atoms with van der Waals surface area (Å²) in [5.74, 6) is -0.107. The summed E-state index contributed by atoms with van der Waals surface area (Å²) in [4.78, 5) is 12.1. The van der Waals surface area contributed by atoms with E-state index in [0.717, 1.165) is 32.1 Å². The molecule has 1 fully saturated rings. The number of halogens is 3. The number of amides is 1. The standard InChI is InChI=1S/C15H26Cl3N3O3S2/c1-2-3-4-5-6-7-12(22)20-13(15(16,17)18)21-14(25)19-11-8-9-26(23,24)10-11/h11,13H,2-10H2,1H3,(H,20,22)(H2,19,21,25)/t11-,13-/m1/s1. The third kappa shape index (κ3) is 9.78. The van der Waals surface area contributed by atoms with Crippen molar-refractivity contribution in [3.63, 3.8) is 0 Å². The van der Waals surface area contributed by atoms with Crippen LogP contribution < -0.4 is 16.0 Å². The van der Waals surface area contributed by atoms with Gasteiger partial charge in [-0.05, 0) is 25.1 Å². The molecule has 1 saturated heterocycles. The van der Waals surface area contributed by atoms with Crippen LogP contribution in [0.2, 0.25) is 0 Å². The number of carbonyl (C=O) groups excluding carboxylic acids is 1. The van der Waals surface area contributed by atoms with Gasteiger partial charge in [-0.3, -0.25) is 4.79 Å². The van der Waals surface area contributed by atoms with Crippen molar-refractivity contribution in [2.45, 2.75) is 67.9 Å². The fraction of sp³-hybridized carbons (Fsp3) is 0.867. The number of thiocarbonyl (C=S) groups is 1. The maximum Gasteiger partial charge on any atom is 0.228 e. The van der Waals surface area contributed by atoms with Crippen molar-refractivity contribution in [2.24, 2.45) is 0 Å². The molecule has 0 bridgehead atoms. The summed E-state index contributed by atoms with van der Waals surface area (Å²) in [5, 5.41) is 8.40. The smallest absolute Gasteiger partial charge is 0.228 e. The normalized spacial score (nSPS) is 20.4. The lowest BCUT2D eigenvalue weighted by molar-refractivity contribution is -0.122. The third-order valence-corrected chi connectivity index (χ3v) is 6.64. The van der Waals surface area contributed by atoms with Crippen molar-refractivity contribution in [2.75, 3.05) is 11.5 Å². The van der Waals surface area contributed by atoms with Crippen molar-refractivity contribution in [3.05, 3.63) is 0 Å². The lowest BCUT2D eigenvalue weighted by Gasteiger charge is -2.28. The van der Waals surface area contributed by atoms with Gasteiger partial charge in [-0.25, -0.2) is 8.42 Å². The second kappa shape index (κ2) is 11.1. The van der Waals surface area contributed by atoms with Gasteiger partial charge >= 0.3 is 0 Å². The maximum atomic E-state index is 12.1. The van der Waals surface area contributed by atoms with E-state index in [0.29, 0.717) is 12.8 Å². The van der Waals surface area contributed by atoms with Crippen LogP contribution in [0.15, 0.2) is 0 Å². The van der Waals surface area contributed by atoms with E-state index in [2.05, 4.69) is 22.9 Å². The van der Waals surface area contributed by atoms with Gasteiger partial charge in [0.05, 0.1) is 11.5 Å². The number of unbranched alkanes of at least 4 members (excludes halogenated alkanes) is 4. The number of carbonyl (C=O) groups is 1. The van der Waals surface area contributed by atoms with Crippen molar-refractivity contribution in [3.8, 4) is 0 Å². The molecule has 1 aliphatic rings. The number of rotatable bonds is 9. The van der Waals surface area contributed by atoms with Crippen molar-refractivity contribution >= 4 is 67.9 Å². The molecule has 152 valence electrons. The van der Waals surface area contributed by atoms with E-state index in [4.69, 9.17) is 47.0 Å². The van der Waals surface area contributed by atoms with Gasteiger partial charge in [0, 0.05) is 12.5 Å². The van der Waals surface area contributed by atoms with Gasteiger partial charge in [-0.1, -0.05) is 67.4 Å². The molecule has 0 aromatic carbocycles. The Labute approximate surface area is 176 Å². The zero-order valence-corrected chi connectivity index (χ0v) is 18.6. The highest BCUT2D eigenvalue weighted by Crippen LogP contribution is 2.29. The summed E-state index contributed by atoms with van der Waals surface area (Å²) in [6.07, 6.45) is 4.90. The van der Waals surface area contributed by atoms with E-state index < -0.39 is 19.8 Å². The highest BCUT2D eigenvalue weighted by molar-refractivity contribution is 7.91. The molecule has 0 aromatic rings. The molecule has 26 heavy (non-hydrogen) atoms. The molecule has 0 unspecified atom stereocenters. The lowest BCUT2D eigenvalue weighted by atomic mass is 10.1. The Morgan fingerprint density at radius 1 is 1.19 bits per heavy atom. The number of alkyl halides is 3. The number of sulfone groups is 1. The minimum Gasteiger partial charge on any atom is -0.359 e. The molecule has 1 aliphatic heterocycles. The van der Waals surface area contributed by atoms with Crippen LogP contribution in [0.4, 0.5) is 0 Å². The van der Waals surface area contributed by atoms with Gasteiger partial charge in [0.25, 0.3) is 0 Å². The molecule has 3 N–H and O–H groups in total. The number of hydrogen-bond acceptors (Lipinski definition) is 4. The Morgan fingerprint density at radius 2 is 1.85 bits per heavy atom. The first-order chi connectivity index (χ1) is 12.0. The molecule has 1 amide bonds. The molecule has 11 heteroatoms. The fourth-order valence-electron chi connectivity index (χ4n) is 2.59. The van der Waals surface area contributed by atoms with Crippen molar-refractivity contribution < 1.29 is 13.2 Å². The fourth-order valence-corrected chi connectivity index (χ4v) is 4.87. The Bertz CT molecular complexity index is 582. The van der Waals surface area contributed by atoms with E-state index in [-0.39, 0.29) is 28.6 Å². The van der Waals surface area contributed by atoms with Gasteiger partial charge < -0.3 is 16.0 Å². The van der Waals surface area contributed by atoms with Gasteiger partial charge in [-0.2, -0.15) is 0 Å². The average molecular weight is 467 g/mol. The van der Waals surface area contributed by atoms with Crippen molar-refractivity contribution in [1.82, 2.24) is 16.0 Å². The second-order valence-electron chi connectivity index (χ2n) is 6.42. The van der Waals surface area contributed by atoms with Gasteiger partial charge in [-0.15, -0.1) is 0 Å². The minimum absolute atomic E-state index is 0.0113. The lowest BCUT2D eigenvalue weighted by Crippen LogP contribution is -2.58. The molecular weight excluding hydrogens is 441 g/mol. The summed E-state index contributed by atoms with van der Waals surface area (Å²) in [6, 6.07) is -0.287. The Morgan fingerprint density at radius 3 is 2.38 bits per heavy atom. The first-order valence-corrected chi connectivity index (χ1v) is 12.0. The maximum absolute atomic E-state index is 12.1. The topological polar surface area (TPSA) is 87.3 Å². The Balaban J connectivity index is 2.46. The van der Waals surface area contributed by atoms with E-state index in [1.807, 2.05) is 0 Å². The predicted octanol–water partition coefficient (Wildman–Crippen LogP) is 2.81. The van der Waals surface area contributed by atoms with Gasteiger partial charge in [0.1, 0.15) is 6.17 Å². The van der Waals surface area contributed by atoms with Crippen LogP contribution in [-0.2, 0) is 14.6 Å². The molecule has 1 heterocycles. The van der Waals surface area contributed by atoms with Crippen LogP contribution in [0.3, 0.4) is 0 Å². The molecule has 0 saturated carbocycles. The Hall–Kier alpha value is -0.0200. The molecule has 0 aromatic heterocycles. The monoisotopic (exact) mass is 465 g/mol. The van der Waals surface area contributed by atoms with E-state index in [1.165, 1.54) is 0 Å². The zero-order valence-electron chi connectivity index (χ0n) is 14.7. The summed E-state index contributed by atoms with van der Waals surface area (Å²) in [7, 11) is -3.03. The zero-order chi connectivity index (χ0) is 19.8. The first kappa shape index (κ1) is 24.0. The van der Waals surface area contributed by atoms with Gasteiger partial charge in [0.2, 0.25) is 9.70 Å². The minimum atomic E-state index is -3.03. The van der Waals surface area contributed by atoms with Crippen LogP contribution in [0.1, 0.15) is 51.9 Å². The summed E-state index contributed by atoms with van der Waals surface area (Å²) >= 11 is 22.9. The molecular formula is C15H26Cl3N3O3S2. The van der Waals surface area contributed by atoms with Crippen molar-refractivity contribution in [1.29, 1.82) is 0 Å². The average Bonchev–Trinajstić information content (AvgIpc) is 2.84. The second-order valence-corrected chi connectivity index (χ2v) is 11.4. The van der Waals surface area contributed by atoms with Crippen LogP contribution in [-0.4, -0.2) is 46.9 Å².